The Balaban J connectivity index is 2.78. The Hall–Kier alpha value is -1.13. The molecule has 0 spiro atoms. The Kier molecular flexibility index (Phi) is 5.38. The molecule has 0 unspecified atom stereocenters. The highest BCUT2D eigenvalue weighted by molar-refractivity contribution is 6.42. The molecule has 1 aromatic carbocycles. The smallest absolute Gasteiger partial charge is 0.254 e. The van der Waals surface area contributed by atoms with Gasteiger partial charge in [0.25, 0.3) is 5.91 Å². The third kappa shape index (κ3) is 3.98. The number of hydrogen-bond donors (Lipinski definition) is 1. The highest BCUT2D eigenvalue weighted by Gasteiger charge is 2.15. The fourth-order valence-electron chi connectivity index (χ4n) is 1.11. The fraction of sp³-hybridized carbons (Fsp3) is 0.222. The number of nitrogens with one attached hydrogen (secondary N) is 1. The van der Waals surface area contributed by atoms with E-state index in [1.807, 2.05) is 0 Å². The van der Waals surface area contributed by atoms with Crippen molar-refractivity contribution in [1.82, 2.24) is 5.32 Å². The molecule has 0 saturated carbocycles. The second-order valence-electron chi connectivity index (χ2n) is 2.95. The number of nitrogens with zero attached hydrogens (tertiary/aromatic N) is 3. The number of carbonyl (C=O) groups is 1. The van der Waals surface area contributed by atoms with Crippen LogP contribution in [0, 0.1) is 0 Å². The van der Waals surface area contributed by atoms with Crippen LogP contribution in [0.25, 0.3) is 10.4 Å². The van der Waals surface area contributed by atoms with E-state index in [-0.39, 0.29) is 28.7 Å². The summed E-state index contributed by atoms with van der Waals surface area (Å²) >= 11 is 17.4. The van der Waals surface area contributed by atoms with Crippen LogP contribution in [0.1, 0.15) is 10.4 Å². The second-order valence-corrected chi connectivity index (χ2v) is 4.21. The third-order valence-electron chi connectivity index (χ3n) is 1.79. The normalized spacial score (nSPS) is 9.59. The van der Waals surface area contributed by atoms with E-state index in [9.17, 15) is 4.79 Å². The van der Waals surface area contributed by atoms with E-state index in [4.69, 9.17) is 40.3 Å². The highest BCUT2D eigenvalue weighted by Crippen LogP contribution is 2.28. The molecule has 1 aromatic rings. The van der Waals surface area contributed by atoms with Gasteiger partial charge >= 0.3 is 0 Å². The van der Waals surface area contributed by atoms with Crippen molar-refractivity contribution >= 4 is 40.7 Å². The average Bonchev–Trinajstić information content (AvgIpc) is 2.23. The molecular weight excluding hydrogens is 286 g/mol. The van der Waals surface area contributed by atoms with Crippen molar-refractivity contribution < 1.29 is 4.79 Å². The summed E-state index contributed by atoms with van der Waals surface area (Å²) in [7, 11) is 0. The molecule has 90 valence electrons. The van der Waals surface area contributed by atoms with Crippen LogP contribution in [-0.4, -0.2) is 19.0 Å². The van der Waals surface area contributed by atoms with Crippen molar-refractivity contribution in [1.29, 1.82) is 0 Å². The van der Waals surface area contributed by atoms with Crippen LogP contribution in [0.5, 0.6) is 0 Å². The van der Waals surface area contributed by atoms with Crippen LogP contribution < -0.4 is 5.32 Å². The molecule has 0 bridgehead atoms. The van der Waals surface area contributed by atoms with Gasteiger partial charge in [-0.1, -0.05) is 39.9 Å². The van der Waals surface area contributed by atoms with Crippen LogP contribution in [0.2, 0.25) is 15.1 Å². The molecule has 0 aromatic heterocycles. The van der Waals surface area contributed by atoms with Gasteiger partial charge in [-0.15, -0.1) is 0 Å². The lowest BCUT2D eigenvalue weighted by Gasteiger charge is -2.07. The minimum absolute atomic E-state index is 0.152. The molecule has 0 atom stereocenters. The molecule has 17 heavy (non-hydrogen) atoms. The zero-order chi connectivity index (χ0) is 12.8. The summed E-state index contributed by atoms with van der Waals surface area (Å²) in [5, 5.41) is 6.49. The van der Waals surface area contributed by atoms with Gasteiger partial charge in [0.05, 0.1) is 15.6 Å². The summed E-state index contributed by atoms with van der Waals surface area (Å²) in [5.41, 5.74) is 8.21. The van der Waals surface area contributed by atoms with Crippen LogP contribution in [0.3, 0.4) is 0 Å². The fourth-order valence-corrected chi connectivity index (χ4v) is 2.10. The number of hydrogen-bond acceptors (Lipinski definition) is 2. The first-order valence-electron chi connectivity index (χ1n) is 4.50. The summed E-state index contributed by atoms with van der Waals surface area (Å²) in [6, 6.07) is 2.86. The first-order chi connectivity index (χ1) is 8.06. The van der Waals surface area contributed by atoms with E-state index in [1.165, 1.54) is 12.1 Å². The third-order valence-corrected chi connectivity index (χ3v) is 2.61. The summed E-state index contributed by atoms with van der Waals surface area (Å²) in [6.45, 7) is 0.364. The SMILES string of the molecule is [N-]=[N+]=NCCNC(=O)c1c(Cl)cc(Cl)cc1Cl. The molecule has 0 saturated heterocycles. The Morgan fingerprint density at radius 2 is 1.94 bits per heavy atom. The van der Waals surface area contributed by atoms with Crippen molar-refractivity contribution in [3.63, 3.8) is 0 Å². The van der Waals surface area contributed by atoms with Gasteiger partial charge in [0.1, 0.15) is 0 Å². The first kappa shape index (κ1) is 13.9. The van der Waals surface area contributed by atoms with Crippen LogP contribution >= 0.6 is 34.8 Å². The van der Waals surface area contributed by atoms with Crippen LogP contribution in [0.4, 0.5) is 0 Å². The topological polar surface area (TPSA) is 77.9 Å². The monoisotopic (exact) mass is 292 g/mol. The minimum Gasteiger partial charge on any atom is -0.352 e. The lowest BCUT2D eigenvalue weighted by atomic mass is 10.2. The van der Waals surface area contributed by atoms with E-state index in [1.54, 1.807) is 0 Å². The van der Waals surface area contributed by atoms with E-state index in [0.29, 0.717) is 5.02 Å². The maximum absolute atomic E-state index is 11.7. The van der Waals surface area contributed by atoms with Crippen molar-refractivity contribution in [2.24, 2.45) is 5.11 Å². The van der Waals surface area contributed by atoms with Gasteiger partial charge in [0.2, 0.25) is 0 Å². The average molecular weight is 294 g/mol. The van der Waals surface area contributed by atoms with E-state index < -0.39 is 5.91 Å². The van der Waals surface area contributed by atoms with Gasteiger partial charge in [-0.25, -0.2) is 0 Å². The zero-order valence-electron chi connectivity index (χ0n) is 8.45. The summed E-state index contributed by atoms with van der Waals surface area (Å²) < 4.78 is 0. The molecule has 1 amide bonds. The van der Waals surface area contributed by atoms with E-state index >= 15 is 0 Å². The molecule has 5 nitrogen and oxygen atoms in total. The van der Waals surface area contributed by atoms with Gasteiger partial charge < -0.3 is 5.32 Å². The van der Waals surface area contributed by atoms with Crippen LogP contribution in [0.15, 0.2) is 17.2 Å². The van der Waals surface area contributed by atoms with Crippen molar-refractivity contribution in [2.45, 2.75) is 0 Å². The summed E-state index contributed by atoms with van der Waals surface area (Å²) in [4.78, 5) is 14.3. The molecule has 0 aliphatic rings. The molecule has 0 radical (unpaired) electrons. The summed E-state index contributed by atoms with van der Waals surface area (Å²) in [5.74, 6) is -0.440. The molecule has 1 N–H and O–H groups in total. The van der Waals surface area contributed by atoms with Crippen LogP contribution in [-0.2, 0) is 0 Å². The maximum Gasteiger partial charge on any atom is 0.254 e. The predicted octanol–water partition coefficient (Wildman–Crippen LogP) is 3.69. The Bertz CT molecular complexity index is 462. The first-order valence-corrected chi connectivity index (χ1v) is 5.63. The zero-order valence-corrected chi connectivity index (χ0v) is 10.7. The quantitative estimate of drug-likeness (QED) is 0.391. The number of carbonyl (C=O) groups excluding carboxylic acids is 1. The Labute approximate surface area is 112 Å². The molecular formula is C9H7Cl3N4O. The minimum atomic E-state index is -0.440. The Morgan fingerprint density at radius 3 is 2.47 bits per heavy atom. The number of azide groups is 1. The molecule has 0 aliphatic carbocycles. The Morgan fingerprint density at radius 1 is 1.35 bits per heavy atom. The standard InChI is InChI=1S/C9H7Cl3N4O/c10-5-3-6(11)8(7(12)4-5)9(17)14-1-2-15-16-13/h3-4H,1-2H2,(H,14,17). The molecule has 0 aliphatic heterocycles. The molecule has 1 rings (SSSR count). The van der Waals surface area contributed by atoms with Crippen molar-refractivity contribution in [3.05, 3.63) is 43.2 Å². The van der Waals surface area contributed by atoms with E-state index in [2.05, 4.69) is 15.3 Å². The summed E-state index contributed by atoms with van der Waals surface area (Å²) in [6.07, 6.45) is 0. The highest BCUT2D eigenvalue weighted by atomic mass is 35.5. The van der Waals surface area contributed by atoms with Gasteiger partial charge in [-0.3, -0.25) is 4.79 Å². The van der Waals surface area contributed by atoms with Gasteiger partial charge in [-0.05, 0) is 17.7 Å². The van der Waals surface area contributed by atoms with Crippen molar-refractivity contribution in [2.75, 3.05) is 13.1 Å². The number of amides is 1. The van der Waals surface area contributed by atoms with Gasteiger partial charge in [-0.2, -0.15) is 0 Å². The number of rotatable bonds is 4. The molecule has 8 heteroatoms. The maximum atomic E-state index is 11.7. The predicted molar refractivity (Wildman–Crippen MR) is 67.8 cm³/mol. The molecule has 0 heterocycles. The second kappa shape index (κ2) is 6.57. The largest absolute Gasteiger partial charge is 0.352 e. The lowest BCUT2D eigenvalue weighted by molar-refractivity contribution is 0.0955. The van der Waals surface area contributed by atoms with Gasteiger partial charge in [0, 0.05) is 23.0 Å². The number of halogens is 3. The van der Waals surface area contributed by atoms with E-state index in [0.717, 1.165) is 0 Å². The molecule has 0 fully saturated rings. The van der Waals surface area contributed by atoms with Crippen molar-refractivity contribution in [3.8, 4) is 0 Å². The van der Waals surface area contributed by atoms with Gasteiger partial charge in [0.15, 0.2) is 0 Å². The lowest BCUT2D eigenvalue weighted by Crippen LogP contribution is -2.26. The number of benzene rings is 1.